The van der Waals surface area contributed by atoms with Crippen LogP contribution in [0.5, 0.6) is 5.75 Å². The third-order valence-electron chi connectivity index (χ3n) is 9.30. The lowest BCUT2D eigenvalue weighted by Crippen LogP contribution is -2.51. The molecule has 0 radical (unpaired) electrons. The average molecular weight is 507 g/mol. The van der Waals surface area contributed by atoms with Crippen LogP contribution in [0.15, 0.2) is 48.5 Å². The lowest BCUT2D eigenvalue weighted by atomic mass is 9.73. The normalized spacial score (nSPS) is 25.9. The number of benzene rings is 2. The van der Waals surface area contributed by atoms with Crippen molar-refractivity contribution in [1.82, 2.24) is 9.80 Å². The van der Waals surface area contributed by atoms with Crippen LogP contribution in [0, 0.1) is 5.41 Å². The summed E-state index contributed by atoms with van der Waals surface area (Å²) < 4.78 is 12.9. The minimum atomic E-state index is -2.02. The summed E-state index contributed by atoms with van der Waals surface area (Å²) in [6, 6.07) is 16.9. The minimum absolute atomic E-state index is 0.0551. The Kier molecular flexibility index (Phi) is 6.71. The zero-order chi connectivity index (χ0) is 25.6. The van der Waals surface area contributed by atoms with Gasteiger partial charge in [0.15, 0.2) is 0 Å². The summed E-state index contributed by atoms with van der Waals surface area (Å²) in [6.07, 6.45) is 3.25. The van der Waals surface area contributed by atoms with Gasteiger partial charge < -0.3 is 19.0 Å². The van der Waals surface area contributed by atoms with E-state index in [-0.39, 0.29) is 22.5 Å². The molecule has 0 spiro atoms. The molecule has 4 heterocycles. The Morgan fingerprint density at radius 3 is 2.25 bits per heavy atom. The second-order valence-electron chi connectivity index (χ2n) is 12.7. The molecule has 6 heteroatoms. The van der Waals surface area contributed by atoms with Crippen LogP contribution in [0.25, 0.3) is 0 Å². The first-order chi connectivity index (χ1) is 17.1. The fourth-order valence-corrected chi connectivity index (χ4v) is 6.76. The van der Waals surface area contributed by atoms with E-state index in [9.17, 15) is 4.79 Å². The summed E-state index contributed by atoms with van der Waals surface area (Å²) in [6.45, 7) is 16.6. The molecular formula is C30H42N2O3Si. The molecule has 0 aromatic heterocycles. The van der Waals surface area contributed by atoms with Crippen LogP contribution in [-0.4, -0.2) is 57.0 Å². The van der Waals surface area contributed by atoms with Gasteiger partial charge in [0.05, 0.1) is 6.61 Å². The van der Waals surface area contributed by atoms with Crippen molar-refractivity contribution in [3.8, 4) is 5.75 Å². The molecule has 0 saturated carbocycles. The summed E-state index contributed by atoms with van der Waals surface area (Å²) >= 11 is 0. The van der Waals surface area contributed by atoms with E-state index in [1.54, 1.807) is 0 Å². The standard InChI is InChI=1S/C30H42N2O3Si/c1-29(2,3)36(4,5)35-27-13-9-8-12-25(27)26-21-32(20-23-10-6-7-11-24(23)26)28(33)34-22-30-14-17-31(18-15-30)19-16-30/h6-13,26H,14-22H2,1-5H3. The van der Waals surface area contributed by atoms with Crippen molar-refractivity contribution in [3.63, 3.8) is 0 Å². The molecule has 0 N–H and O–H groups in total. The Labute approximate surface area is 217 Å². The Balaban J connectivity index is 1.38. The molecule has 1 atom stereocenters. The van der Waals surface area contributed by atoms with Crippen molar-refractivity contribution in [2.45, 2.75) is 70.6 Å². The monoisotopic (exact) mass is 506 g/mol. The van der Waals surface area contributed by atoms with Crippen molar-refractivity contribution in [2.75, 3.05) is 32.8 Å². The maximum Gasteiger partial charge on any atom is 0.410 e. The van der Waals surface area contributed by atoms with Gasteiger partial charge in [0.25, 0.3) is 0 Å². The third-order valence-corrected chi connectivity index (χ3v) is 13.6. The van der Waals surface area contributed by atoms with Crippen LogP contribution < -0.4 is 4.43 Å². The molecule has 2 aromatic rings. The van der Waals surface area contributed by atoms with Gasteiger partial charge in [-0.25, -0.2) is 4.79 Å². The van der Waals surface area contributed by atoms with Gasteiger partial charge in [-0.1, -0.05) is 63.2 Å². The number of ether oxygens (including phenoxy) is 1. The van der Waals surface area contributed by atoms with E-state index < -0.39 is 8.32 Å². The van der Waals surface area contributed by atoms with E-state index in [1.807, 2.05) is 4.90 Å². The molecule has 36 heavy (non-hydrogen) atoms. The van der Waals surface area contributed by atoms with Crippen LogP contribution >= 0.6 is 0 Å². The number of amides is 1. The summed E-state index contributed by atoms with van der Waals surface area (Å²) in [5.74, 6) is 1.01. The molecule has 5 nitrogen and oxygen atoms in total. The highest BCUT2D eigenvalue weighted by molar-refractivity contribution is 6.74. The first kappa shape index (κ1) is 25.3. The van der Waals surface area contributed by atoms with E-state index in [2.05, 4.69) is 87.3 Å². The molecule has 1 unspecified atom stereocenters. The first-order valence-corrected chi connectivity index (χ1v) is 16.5. The van der Waals surface area contributed by atoms with Crippen LogP contribution in [0.1, 0.15) is 62.6 Å². The second kappa shape index (κ2) is 9.53. The smallest absolute Gasteiger partial charge is 0.410 e. The molecule has 3 saturated heterocycles. The summed E-state index contributed by atoms with van der Waals surface area (Å²) in [4.78, 5) is 17.8. The number of hydrogen-bond acceptors (Lipinski definition) is 4. The zero-order valence-electron chi connectivity index (χ0n) is 22.7. The number of piperidine rings is 3. The molecule has 194 valence electrons. The number of carbonyl (C=O) groups excluding carboxylic acids is 1. The fourth-order valence-electron chi connectivity index (χ4n) is 5.72. The van der Waals surface area contributed by atoms with Gasteiger partial charge in [-0.05, 0) is 74.2 Å². The van der Waals surface area contributed by atoms with Gasteiger partial charge in [-0.3, -0.25) is 0 Å². The fraction of sp³-hybridized carbons (Fsp3) is 0.567. The van der Waals surface area contributed by atoms with Crippen molar-refractivity contribution in [3.05, 3.63) is 65.2 Å². The van der Waals surface area contributed by atoms with E-state index in [0.29, 0.717) is 19.7 Å². The molecule has 1 amide bonds. The van der Waals surface area contributed by atoms with Crippen LogP contribution in [0.3, 0.4) is 0 Å². The third kappa shape index (κ3) is 4.94. The topological polar surface area (TPSA) is 42.0 Å². The average Bonchev–Trinajstić information content (AvgIpc) is 2.87. The second-order valence-corrected chi connectivity index (χ2v) is 17.4. The largest absolute Gasteiger partial charge is 0.543 e. The maximum absolute atomic E-state index is 13.4. The predicted molar refractivity (Wildman–Crippen MR) is 147 cm³/mol. The van der Waals surface area contributed by atoms with Crippen LogP contribution in [0.2, 0.25) is 18.1 Å². The molecule has 3 fully saturated rings. The number of carbonyl (C=O) groups is 1. The first-order valence-electron chi connectivity index (χ1n) is 13.6. The van der Waals surface area contributed by atoms with Crippen LogP contribution in [-0.2, 0) is 11.3 Å². The maximum atomic E-state index is 13.4. The SMILES string of the molecule is CC(C)(C)[Si](C)(C)Oc1ccccc1C1CN(C(=O)OCC23CCN(CC2)CC3)Cc2ccccc21. The molecule has 2 bridgehead atoms. The quantitative estimate of drug-likeness (QED) is 0.426. The number of rotatable bonds is 5. The molecule has 6 rings (SSSR count). The van der Waals surface area contributed by atoms with Crippen molar-refractivity contribution in [2.24, 2.45) is 5.41 Å². The molecule has 4 aliphatic rings. The van der Waals surface area contributed by atoms with E-state index in [1.165, 1.54) is 11.1 Å². The molecule has 4 aliphatic heterocycles. The van der Waals surface area contributed by atoms with E-state index in [4.69, 9.17) is 9.16 Å². The van der Waals surface area contributed by atoms with E-state index >= 15 is 0 Å². The Morgan fingerprint density at radius 1 is 0.972 bits per heavy atom. The number of hydrogen-bond donors (Lipinski definition) is 0. The summed E-state index contributed by atoms with van der Waals surface area (Å²) in [5, 5.41) is 0.106. The number of nitrogens with zero attached hydrogens (tertiary/aromatic N) is 2. The molecule has 0 aliphatic carbocycles. The van der Waals surface area contributed by atoms with Crippen molar-refractivity contribution in [1.29, 1.82) is 0 Å². The van der Waals surface area contributed by atoms with Gasteiger partial charge in [0.1, 0.15) is 5.75 Å². The number of para-hydroxylation sites is 1. The summed E-state index contributed by atoms with van der Waals surface area (Å²) in [5.41, 5.74) is 3.81. The van der Waals surface area contributed by atoms with Crippen molar-refractivity contribution < 1.29 is 14.0 Å². The minimum Gasteiger partial charge on any atom is -0.543 e. The highest BCUT2D eigenvalue weighted by atomic mass is 28.4. The van der Waals surface area contributed by atoms with Gasteiger partial charge in [0.2, 0.25) is 8.32 Å². The van der Waals surface area contributed by atoms with Gasteiger partial charge in [-0.15, -0.1) is 0 Å². The lowest BCUT2D eigenvalue weighted by Gasteiger charge is -2.48. The van der Waals surface area contributed by atoms with E-state index in [0.717, 1.165) is 50.2 Å². The lowest BCUT2D eigenvalue weighted by molar-refractivity contribution is -0.0291. The highest BCUT2D eigenvalue weighted by Crippen LogP contribution is 2.43. The summed E-state index contributed by atoms with van der Waals surface area (Å²) in [7, 11) is -2.02. The Hall–Kier alpha value is -2.31. The highest BCUT2D eigenvalue weighted by Gasteiger charge is 2.42. The van der Waals surface area contributed by atoms with Gasteiger partial charge >= 0.3 is 6.09 Å². The predicted octanol–water partition coefficient (Wildman–Crippen LogP) is 6.64. The van der Waals surface area contributed by atoms with Crippen molar-refractivity contribution >= 4 is 14.4 Å². The van der Waals surface area contributed by atoms with Crippen LogP contribution in [0.4, 0.5) is 4.79 Å². The molecule has 2 aromatic carbocycles. The molecular weight excluding hydrogens is 464 g/mol. The van der Waals surface area contributed by atoms with Gasteiger partial charge in [0, 0.05) is 30.0 Å². The Bertz CT molecular complexity index is 1090. The number of fused-ring (bicyclic) bond motifs is 4. The zero-order valence-corrected chi connectivity index (χ0v) is 23.7. The Morgan fingerprint density at radius 2 is 1.58 bits per heavy atom. The van der Waals surface area contributed by atoms with Gasteiger partial charge in [-0.2, -0.15) is 0 Å².